The monoisotopic (exact) mass is 320 g/mol. The number of H-pyrrole nitrogens is 2. The highest BCUT2D eigenvalue weighted by Crippen LogP contribution is 2.11. The molecule has 0 saturated heterocycles. The van der Waals surface area contributed by atoms with E-state index in [2.05, 4.69) is 20.6 Å². The molecule has 1 aromatic carbocycles. The molecule has 0 bridgehead atoms. The normalized spacial score (nSPS) is 10.0. The van der Waals surface area contributed by atoms with Crippen molar-refractivity contribution in [3.05, 3.63) is 84.4 Å². The Morgan fingerprint density at radius 1 is 0.583 bits per heavy atom. The summed E-state index contributed by atoms with van der Waals surface area (Å²) >= 11 is 0. The number of hydrogen-bond acceptors (Lipinski definition) is 2. The maximum atomic E-state index is 12.2. The Kier molecular flexibility index (Phi) is 4.57. The van der Waals surface area contributed by atoms with E-state index < -0.39 is 0 Å². The molecule has 0 aliphatic carbocycles. The molecule has 0 spiro atoms. The predicted octanol–water partition coefficient (Wildman–Crippen LogP) is 1.82. The summed E-state index contributed by atoms with van der Waals surface area (Å²) < 4.78 is 0. The Labute approximate surface area is 138 Å². The van der Waals surface area contributed by atoms with E-state index in [4.69, 9.17) is 0 Å². The third kappa shape index (κ3) is 3.80. The van der Waals surface area contributed by atoms with Gasteiger partial charge in [0.05, 0.1) is 11.4 Å². The van der Waals surface area contributed by atoms with Crippen LogP contribution in [0.2, 0.25) is 0 Å². The van der Waals surface area contributed by atoms with Crippen LogP contribution in [0.4, 0.5) is 11.4 Å². The van der Waals surface area contributed by atoms with Crippen molar-refractivity contribution < 1.29 is 19.6 Å². The lowest BCUT2D eigenvalue weighted by Gasteiger charge is -2.06. The highest BCUT2D eigenvalue weighted by Gasteiger charge is 2.10. The highest BCUT2D eigenvalue weighted by molar-refractivity contribution is 6.07. The van der Waals surface area contributed by atoms with Crippen LogP contribution in [0.25, 0.3) is 0 Å². The number of carbonyl (C=O) groups is 2. The van der Waals surface area contributed by atoms with Crippen LogP contribution >= 0.6 is 0 Å². The van der Waals surface area contributed by atoms with E-state index in [0.29, 0.717) is 22.5 Å². The smallest absolute Gasteiger partial charge is 0.255 e. The molecule has 6 heteroatoms. The van der Waals surface area contributed by atoms with Crippen molar-refractivity contribution in [2.45, 2.75) is 0 Å². The van der Waals surface area contributed by atoms with E-state index in [1.807, 2.05) is 0 Å². The maximum absolute atomic E-state index is 12.2. The topological polar surface area (TPSA) is 86.5 Å². The van der Waals surface area contributed by atoms with Gasteiger partial charge in [0, 0.05) is 35.4 Å². The average molecular weight is 320 g/mol. The first-order valence-corrected chi connectivity index (χ1v) is 7.37. The van der Waals surface area contributed by atoms with Crippen molar-refractivity contribution in [1.29, 1.82) is 0 Å². The number of pyridine rings is 2. The number of benzene rings is 1. The standard InChI is InChI=1S/C18H14N4O2/c23-17(21-15-5-9-19-10-6-15)13-1-2-14(4-3-13)18(24)22-16-7-11-20-12-8-16/h1-12H,(H,19,21,23)(H,20,22,24)/p+2. The fourth-order valence-corrected chi connectivity index (χ4v) is 2.12. The third-order valence-electron chi connectivity index (χ3n) is 3.36. The van der Waals surface area contributed by atoms with Gasteiger partial charge in [0.15, 0.2) is 24.8 Å². The Morgan fingerprint density at radius 2 is 0.917 bits per heavy atom. The molecule has 0 fully saturated rings. The van der Waals surface area contributed by atoms with E-state index in [0.717, 1.165) is 0 Å². The summed E-state index contributed by atoms with van der Waals surface area (Å²) in [5.74, 6) is -0.460. The van der Waals surface area contributed by atoms with Crippen LogP contribution in [-0.4, -0.2) is 11.8 Å². The summed E-state index contributed by atoms with van der Waals surface area (Å²) in [6.07, 6.45) is 6.91. The van der Waals surface area contributed by atoms with Gasteiger partial charge in [-0.15, -0.1) is 0 Å². The zero-order chi connectivity index (χ0) is 16.8. The van der Waals surface area contributed by atoms with Crippen molar-refractivity contribution in [3.63, 3.8) is 0 Å². The molecule has 0 aliphatic rings. The number of nitrogens with one attached hydrogen (secondary N) is 4. The van der Waals surface area contributed by atoms with E-state index >= 15 is 0 Å². The summed E-state index contributed by atoms with van der Waals surface area (Å²) in [6, 6.07) is 13.5. The summed E-state index contributed by atoms with van der Waals surface area (Å²) in [4.78, 5) is 30.1. The zero-order valence-electron chi connectivity index (χ0n) is 12.7. The summed E-state index contributed by atoms with van der Waals surface area (Å²) in [5.41, 5.74) is 2.35. The lowest BCUT2D eigenvalue weighted by atomic mass is 10.1. The largest absolute Gasteiger partial charge is 0.322 e. The average Bonchev–Trinajstić information content (AvgIpc) is 2.63. The van der Waals surface area contributed by atoms with Gasteiger partial charge in [-0.05, 0) is 24.3 Å². The predicted molar refractivity (Wildman–Crippen MR) is 88.3 cm³/mol. The maximum Gasteiger partial charge on any atom is 0.255 e. The van der Waals surface area contributed by atoms with Gasteiger partial charge in [0.1, 0.15) is 0 Å². The van der Waals surface area contributed by atoms with Crippen molar-refractivity contribution >= 4 is 23.2 Å². The third-order valence-corrected chi connectivity index (χ3v) is 3.36. The van der Waals surface area contributed by atoms with Crippen LogP contribution in [0.5, 0.6) is 0 Å². The van der Waals surface area contributed by atoms with Crippen LogP contribution < -0.4 is 20.6 Å². The number of rotatable bonds is 4. The molecule has 0 aliphatic heterocycles. The fraction of sp³-hybridized carbons (Fsp3) is 0. The molecule has 4 N–H and O–H groups in total. The van der Waals surface area contributed by atoms with Crippen LogP contribution in [0.15, 0.2) is 73.3 Å². The summed E-state index contributed by atoms with van der Waals surface area (Å²) in [6.45, 7) is 0. The van der Waals surface area contributed by atoms with Crippen molar-refractivity contribution in [2.75, 3.05) is 10.6 Å². The van der Waals surface area contributed by atoms with Crippen molar-refractivity contribution in [2.24, 2.45) is 0 Å². The SMILES string of the molecule is O=C(Nc1cc[nH+]cc1)c1ccc(C(=O)Nc2cc[nH+]cc2)cc1. The fourth-order valence-electron chi connectivity index (χ4n) is 2.12. The Balaban J connectivity index is 1.66. The molecule has 0 atom stereocenters. The molecule has 3 rings (SSSR count). The lowest BCUT2D eigenvalue weighted by molar-refractivity contribution is -0.378. The molecule has 0 saturated carbocycles. The summed E-state index contributed by atoms with van der Waals surface area (Å²) in [7, 11) is 0. The first-order valence-electron chi connectivity index (χ1n) is 7.37. The van der Waals surface area contributed by atoms with E-state index in [1.54, 1.807) is 73.3 Å². The quantitative estimate of drug-likeness (QED) is 0.768. The second-order valence-corrected chi connectivity index (χ2v) is 5.06. The number of hydrogen-bond donors (Lipinski definition) is 2. The molecule has 3 aromatic rings. The molecule has 118 valence electrons. The van der Waals surface area contributed by atoms with Crippen molar-refractivity contribution in [3.8, 4) is 0 Å². The van der Waals surface area contributed by atoms with Crippen LogP contribution in [0, 0.1) is 0 Å². The molecule has 2 amide bonds. The highest BCUT2D eigenvalue weighted by atomic mass is 16.2. The first-order chi connectivity index (χ1) is 11.7. The number of amides is 2. The van der Waals surface area contributed by atoms with Gasteiger partial charge in [-0.1, -0.05) is 0 Å². The summed E-state index contributed by atoms with van der Waals surface area (Å²) in [5, 5.41) is 5.57. The Hall–Kier alpha value is -3.54. The van der Waals surface area contributed by atoms with E-state index in [9.17, 15) is 9.59 Å². The number of carbonyl (C=O) groups excluding carboxylic acids is 2. The molecule has 24 heavy (non-hydrogen) atoms. The van der Waals surface area contributed by atoms with Crippen LogP contribution in [0.1, 0.15) is 20.7 Å². The molecule has 6 nitrogen and oxygen atoms in total. The number of aromatic amines is 2. The van der Waals surface area contributed by atoms with Gasteiger partial charge >= 0.3 is 0 Å². The number of aromatic nitrogens is 2. The molecule has 2 heterocycles. The number of anilines is 2. The van der Waals surface area contributed by atoms with E-state index in [1.165, 1.54) is 0 Å². The van der Waals surface area contributed by atoms with Crippen LogP contribution in [0.3, 0.4) is 0 Å². The molecule has 0 unspecified atom stereocenters. The lowest BCUT2D eigenvalue weighted by Crippen LogP contribution is -2.15. The minimum absolute atomic E-state index is 0.230. The Bertz CT molecular complexity index is 761. The molecule has 0 radical (unpaired) electrons. The zero-order valence-corrected chi connectivity index (χ0v) is 12.7. The van der Waals surface area contributed by atoms with Gasteiger partial charge in [-0.25, -0.2) is 9.97 Å². The molecule has 2 aromatic heterocycles. The second-order valence-electron chi connectivity index (χ2n) is 5.06. The second kappa shape index (κ2) is 7.15. The van der Waals surface area contributed by atoms with Gasteiger partial charge in [0.25, 0.3) is 11.8 Å². The molecular weight excluding hydrogens is 304 g/mol. The van der Waals surface area contributed by atoms with Crippen LogP contribution in [-0.2, 0) is 0 Å². The molecular formula is C18H16N4O2+2. The van der Waals surface area contributed by atoms with E-state index in [-0.39, 0.29) is 11.8 Å². The first kappa shape index (κ1) is 15.4. The van der Waals surface area contributed by atoms with Gasteiger partial charge in [-0.2, -0.15) is 0 Å². The van der Waals surface area contributed by atoms with Gasteiger partial charge in [0.2, 0.25) is 0 Å². The Morgan fingerprint density at radius 3 is 1.25 bits per heavy atom. The minimum Gasteiger partial charge on any atom is -0.322 e. The van der Waals surface area contributed by atoms with Gasteiger partial charge in [-0.3, -0.25) is 9.59 Å². The minimum atomic E-state index is -0.230. The van der Waals surface area contributed by atoms with Crippen molar-refractivity contribution in [1.82, 2.24) is 0 Å². The van der Waals surface area contributed by atoms with Gasteiger partial charge < -0.3 is 10.6 Å².